The monoisotopic (exact) mass is 274 g/mol. The third kappa shape index (κ3) is 3.59. The molecule has 20 heavy (non-hydrogen) atoms. The number of amides is 2. The molecule has 1 aliphatic heterocycles. The molecular formula is C16H22N2O2. The third-order valence-corrected chi connectivity index (χ3v) is 3.97. The van der Waals surface area contributed by atoms with Crippen LogP contribution in [0.25, 0.3) is 0 Å². The Morgan fingerprint density at radius 3 is 2.35 bits per heavy atom. The summed E-state index contributed by atoms with van der Waals surface area (Å²) in [6.45, 7) is 4.95. The number of hydrogen-bond acceptors (Lipinski definition) is 2. The summed E-state index contributed by atoms with van der Waals surface area (Å²) in [5, 5.41) is 3.07. The van der Waals surface area contributed by atoms with E-state index in [0.29, 0.717) is 13.1 Å². The lowest BCUT2D eigenvalue weighted by Gasteiger charge is -2.31. The highest BCUT2D eigenvalue weighted by molar-refractivity contribution is 5.80. The Bertz CT molecular complexity index is 465. The molecule has 0 radical (unpaired) electrons. The molecule has 0 spiro atoms. The molecule has 1 aromatic rings. The van der Waals surface area contributed by atoms with Gasteiger partial charge in [0.1, 0.15) is 0 Å². The van der Waals surface area contributed by atoms with Gasteiger partial charge in [-0.2, -0.15) is 0 Å². The fraction of sp³-hybridized carbons (Fsp3) is 0.500. The summed E-state index contributed by atoms with van der Waals surface area (Å²) < 4.78 is 0. The summed E-state index contributed by atoms with van der Waals surface area (Å²) in [4.78, 5) is 25.3. The average Bonchev–Trinajstić information content (AvgIpc) is 2.48. The van der Waals surface area contributed by atoms with Gasteiger partial charge in [-0.25, -0.2) is 0 Å². The van der Waals surface area contributed by atoms with Gasteiger partial charge in [-0.15, -0.1) is 0 Å². The summed E-state index contributed by atoms with van der Waals surface area (Å²) in [7, 11) is 0. The van der Waals surface area contributed by atoms with Gasteiger partial charge in [0.25, 0.3) is 0 Å². The predicted molar refractivity (Wildman–Crippen MR) is 78.0 cm³/mol. The SMILES string of the molecule is CC(=O)N1CCC(C(=O)N[C@@H](C)c2ccccc2)CC1. The lowest BCUT2D eigenvalue weighted by Crippen LogP contribution is -2.42. The molecule has 4 nitrogen and oxygen atoms in total. The maximum Gasteiger partial charge on any atom is 0.223 e. The van der Waals surface area contributed by atoms with Crippen LogP contribution in [0.1, 0.15) is 38.3 Å². The van der Waals surface area contributed by atoms with Crippen LogP contribution in [0.15, 0.2) is 30.3 Å². The van der Waals surface area contributed by atoms with E-state index in [1.807, 2.05) is 42.2 Å². The van der Waals surface area contributed by atoms with E-state index in [1.165, 1.54) is 0 Å². The van der Waals surface area contributed by atoms with E-state index in [0.717, 1.165) is 18.4 Å². The molecule has 1 heterocycles. The zero-order valence-electron chi connectivity index (χ0n) is 12.1. The first-order valence-corrected chi connectivity index (χ1v) is 7.18. The number of piperidine rings is 1. The highest BCUT2D eigenvalue weighted by Gasteiger charge is 2.26. The van der Waals surface area contributed by atoms with E-state index in [-0.39, 0.29) is 23.8 Å². The molecule has 0 aromatic heterocycles. The van der Waals surface area contributed by atoms with E-state index in [1.54, 1.807) is 6.92 Å². The molecule has 2 rings (SSSR count). The van der Waals surface area contributed by atoms with Crippen molar-refractivity contribution >= 4 is 11.8 Å². The summed E-state index contributed by atoms with van der Waals surface area (Å²) >= 11 is 0. The van der Waals surface area contributed by atoms with Crippen LogP contribution in [-0.4, -0.2) is 29.8 Å². The van der Waals surface area contributed by atoms with E-state index >= 15 is 0 Å². The molecule has 0 bridgehead atoms. The van der Waals surface area contributed by atoms with Crippen molar-refractivity contribution in [1.29, 1.82) is 0 Å². The largest absolute Gasteiger partial charge is 0.349 e. The minimum atomic E-state index is 0.0227. The molecule has 4 heteroatoms. The lowest BCUT2D eigenvalue weighted by atomic mass is 9.95. The van der Waals surface area contributed by atoms with Gasteiger partial charge in [-0.05, 0) is 25.3 Å². The van der Waals surface area contributed by atoms with Crippen LogP contribution in [0.3, 0.4) is 0 Å². The van der Waals surface area contributed by atoms with Crippen LogP contribution >= 0.6 is 0 Å². The van der Waals surface area contributed by atoms with E-state index in [2.05, 4.69) is 5.32 Å². The number of nitrogens with zero attached hydrogens (tertiary/aromatic N) is 1. The molecule has 1 N–H and O–H groups in total. The fourth-order valence-electron chi connectivity index (χ4n) is 2.61. The van der Waals surface area contributed by atoms with Gasteiger partial charge in [0.05, 0.1) is 6.04 Å². The highest BCUT2D eigenvalue weighted by Crippen LogP contribution is 2.19. The summed E-state index contributed by atoms with van der Waals surface area (Å²) in [6, 6.07) is 9.98. The first-order chi connectivity index (χ1) is 9.58. The number of carbonyl (C=O) groups excluding carboxylic acids is 2. The van der Waals surface area contributed by atoms with Gasteiger partial charge in [0, 0.05) is 25.9 Å². The maximum atomic E-state index is 12.2. The van der Waals surface area contributed by atoms with Gasteiger partial charge < -0.3 is 10.2 Å². The molecule has 108 valence electrons. The summed E-state index contributed by atoms with van der Waals surface area (Å²) in [5.74, 6) is 0.225. The van der Waals surface area contributed by atoms with Gasteiger partial charge in [-0.3, -0.25) is 9.59 Å². The average molecular weight is 274 g/mol. The molecule has 1 fully saturated rings. The van der Waals surface area contributed by atoms with Crippen molar-refractivity contribution in [2.75, 3.05) is 13.1 Å². The minimum Gasteiger partial charge on any atom is -0.349 e. The number of hydrogen-bond donors (Lipinski definition) is 1. The molecule has 0 unspecified atom stereocenters. The molecule has 2 amide bonds. The predicted octanol–water partition coefficient (Wildman–Crippen LogP) is 2.12. The van der Waals surface area contributed by atoms with Gasteiger partial charge in [0.2, 0.25) is 11.8 Å². The summed E-state index contributed by atoms with van der Waals surface area (Å²) in [5.41, 5.74) is 1.11. The standard InChI is InChI=1S/C16H22N2O2/c1-12(14-6-4-3-5-7-14)17-16(20)15-8-10-18(11-9-15)13(2)19/h3-7,12,15H,8-11H2,1-2H3,(H,17,20)/t12-/m0/s1. The second kappa shape index (κ2) is 6.55. The molecule has 1 saturated heterocycles. The quantitative estimate of drug-likeness (QED) is 0.918. The molecule has 1 aliphatic rings. The van der Waals surface area contributed by atoms with Crippen LogP contribution in [0.4, 0.5) is 0 Å². The number of nitrogens with one attached hydrogen (secondary N) is 1. The Balaban J connectivity index is 1.85. The Labute approximate surface area is 120 Å². The maximum absolute atomic E-state index is 12.2. The van der Waals surface area contributed by atoms with Crippen molar-refractivity contribution in [3.63, 3.8) is 0 Å². The Hall–Kier alpha value is -1.84. The lowest BCUT2D eigenvalue weighted by molar-refractivity contribution is -0.134. The van der Waals surface area contributed by atoms with Gasteiger partial charge in [-0.1, -0.05) is 30.3 Å². The normalized spacial score (nSPS) is 17.6. The van der Waals surface area contributed by atoms with Crippen LogP contribution in [0.5, 0.6) is 0 Å². The van der Waals surface area contributed by atoms with E-state index < -0.39 is 0 Å². The van der Waals surface area contributed by atoms with Crippen LogP contribution < -0.4 is 5.32 Å². The van der Waals surface area contributed by atoms with Crippen molar-refractivity contribution in [3.8, 4) is 0 Å². The van der Waals surface area contributed by atoms with Crippen LogP contribution in [0, 0.1) is 5.92 Å². The first-order valence-electron chi connectivity index (χ1n) is 7.18. The first kappa shape index (κ1) is 14.6. The zero-order valence-corrected chi connectivity index (χ0v) is 12.1. The topological polar surface area (TPSA) is 49.4 Å². The highest BCUT2D eigenvalue weighted by atomic mass is 16.2. The fourth-order valence-corrected chi connectivity index (χ4v) is 2.61. The van der Waals surface area contributed by atoms with Crippen molar-refractivity contribution in [1.82, 2.24) is 10.2 Å². The number of likely N-dealkylation sites (tertiary alicyclic amines) is 1. The molecule has 1 aromatic carbocycles. The van der Waals surface area contributed by atoms with Gasteiger partial charge >= 0.3 is 0 Å². The van der Waals surface area contributed by atoms with Crippen molar-refractivity contribution in [2.45, 2.75) is 32.7 Å². The van der Waals surface area contributed by atoms with E-state index in [9.17, 15) is 9.59 Å². The van der Waals surface area contributed by atoms with Crippen LogP contribution in [-0.2, 0) is 9.59 Å². The molecule has 1 atom stereocenters. The Morgan fingerprint density at radius 2 is 1.80 bits per heavy atom. The third-order valence-electron chi connectivity index (χ3n) is 3.97. The van der Waals surface area contributed by atoms with Crippen molar-refractivity contribution in [2.24, 2.45) is 5.92 Å². The van der Waals surface area contributed by atoms with E-state index in [4.69, 9.17) is 0 Å². The van der Waals surface area contributed by atoms with Crippen LogP contribution in [0.2, 0.25) is 0 Å². The Morgan fingerprint density at radius 1 is 1.20 bits per heavy atom. The van der Waals surface area contributed by atoms with Crippen molar-refractivity contribution < 1.29 is 9.59 Å². The molecule has 0 saturated carbocycles. The minimum absolute atomic E-state index is 0.0227. The number of benzene rings is 1. The second-order valence-corrected chi connectivity index (χ2v) is 5.42. The zero-order chi connectivity index (χ0) is 14.5. The Kier molecular flexibility index (Phi) is 4.77. The van der Waals surface area contributed by atoms with Crippen molar-refractivity contribution in [3.05, 3.63) is 35.9 Å². The molecule has 0 aliphatic carbocycles. The molecular weight excluding hydrogens is 252 g/mol. The smallest absolute Gasteiger partial charge is 0.223 e. The number of carbonyl (C=O) groups is 2. The summed E-state index contributed by atoms with van der Waals surface area (Å²) in [6.07, 6.45) is 1.51. The number of rotatable bonds is 3. The second-order valence-electron chi connectivity index (χ2n) is 5.42. The van der Waals surface area contributed by atoms with Gasteiger partial charge in [0.15, 0.2) is 0 Å².